The first kappa shape index (κ1) is 20.3. The summed E-state index contributed by atoms with van der Waals surface area (Å²) in [7, 11) is 0. The lowest BCUT2D eigenvalue weighted by atomic mass is 10.1. The van der Waals surface area contributed by atoms with E-state index in [2.05, 4.69) is 26.0 Å². The number of carbonyl (C=O) groups excluding carboxylic acids is 3. The van der Waals surface area contributed by atoms with Gasteiger partial charge < -0.3 is 20.7 Å². The number of hydrogen-bond donors (Lipinski definition) is 3. The average molecular weight is 426 g/mol. The number of carbonyl (C=O) groups is 3. The fourth-order valence-corrected chi connectivity index (χ4v) is 3.06. The van der Waals surface area contributed by atoms with E-state index in [0.717, 1.165) is 10.7 Å². The molecule has 4 rings (SSSR count). The van der Waals surface area contributed by atoms with Gasteiger partial charge in [0.25, 0.3) is 17.7 Å². The van der Waals surface area contributed by atoms with Crippen molar-refractivity contribution < 1.29 is 23.5 Å². The Morgan fingerprint density at radius 1 is 1.26 bits per heavy atom. The van der Waals surface area contributed by atoms with E-state index in [-0.39, 0.29) is 36.1 Å². The molecule has 3 N–H and O–H groups in total. The van der Waals surface area contributed by atoms with Crippen LogP contribution in [0.15, 0.2) is 30.5 Å². The number of fused-ring (bicyclic) bond motifs is 2. The fraction of sp³-hybridized carbons (Fsp3) is 0.250. The van der Waals surface area contributed by atoms with Gasteiger partial charge in [0.05, 0.1) is 11.9 Å². The number of hydrogen-bond acceptors (Lipinski definition) is 6. The maximum atomic E-state index is 14.1. The predicted octanol–water partition coefficient (Wildman–Crippen LogP) is 1.27. The van der Waals surface area contributed by atoms with E-state index in [4.69, 9.17) is 4.74 Å². The molecule has 0 fully saturated rings. The highest BCUT2D eigenvalue weighted by Gasteiger charge is 2.20. The Morgan fingerprint density at radius 3 is 2.90 bits per heavy atom. The molecule has 0 aliphatic carbocycles. The summed E-state index contributed by atoms with van der Waals surface area (Å²) in [6, 6.07) is 6.39. The topological polar surface area (TPSA) is 127 Å². The molecule has 3 amide bonds. The first-order valence-corrected chi connectivity index (χ1v) is 9.62. The van der Waals surface area contributed by atoms with Gasteiger partial charge in [-0.1, -0.05) is 13.0 Å². The molecule has 0 radical (unpaired) electrons. The number of halogens is 1. The summed E-state index contributed by atoms with van der Waals surface area (Å²) in [4.78, 5) is 40.6. The van der Waals surface area contributed by atoms with Crippen molar-refractivity contribution in [2.75, 3.05) is 18.5 Å². The molecule has 0 bridgehead atoms. The third-order valence-electron chi connectivity index (χ3n) is 4.56. The summed E-state index contributed by atoms with van der Waals surface area (Å²) in [6.45, 7) is 2.39. The molecule has 0 unspecified atom stereocenters. The average Bonchev–Trinajstić information content (AvgIpc) is 3.15. The minimum atomic E-state index is -0.746. The zero-order valence-electron chi connectivity index (χ0n) is 16.6. The van der Waals surface area contributed by atoms with Gasteiger partial charge in [-0.15, -0.1) is 0 Å². The van der Waals surface area contributed by atoms with E-state index >= 15 is 0 Å². The molecule has 0 spiro atoms. The summed E-state index contributed by atoms with van der Waals surface area (Å²) >= 11 is 0. The number of benzene rings is 1. The van der Waals surface area contributed by atoms with Crippen molar-refractivity contribution in [1.29, 1.82) is 0 Å². The molecule has 3 heterocycles. The van der Waals surface area contributed by atoms with Gasteiger partial charge in [-0.05, 0) is 24.1 Å². The minimum absolute atomic E-state index is 0.00106. The van der Waals surface area contributed by atoms with Crippen molar-refractivity contribution in [1.82, 2.24) is 25.2 Å². The molecule has 1 aromatic carbocycles. The molecule has 0 saturated heterocycles. The van der Waals surface area contributed by atoms with E-state index in [9.17, 15) is 18.8 Å². The van der Waals surface area contributed by atoms with Gasteiger partial charge in [0.2, 0.25) is 0 Å². The second-order valence-corrected chi connectivity index (χ2v) is 6.86. The first-order chi connectivity index (χ1) is 15.0. The van der Waals surface area contributed by atoms with Crippen LogP contribution in [0, 0.1) is 5.82 Å². The number of nitrogens with one attached hydrogen (secondary N) is 3. The molecular weight excluding hydrogens is 407 g/mol. The number of aromatic nitrogens is 3. The van der Waals surface area contributed by atoms with Crippen molar-refractivity contribution >= 4 is 29.1 Å². The molecule has 1 aliphatic rings. The maximum Gasteiger partial charge on any atom is 0.270 e. The van der Waals surface area contributed by atoms with E-state index in [0.29, 0.717) is 30.0 Å². The quantitative estimate of drug-likeness (QED) is 0.545. The Labute approximate surface area is 175 Å². The molecule has 11 heteroatoms. The van der Waals surface area contributed by atoms with E-state index < -0.39 is 17.6 Å². The van der Waals surface area contributed by atoms with E-state index in [1.807, 2.05) is 6.92 Å². The first-order valence-electron chi connectivity index (χ1n) is 9.62. The Hall–Kier alpha value is -4.02. The van der Waals surface area contributed by atoms with Gasteiger partial charge in [0, 0.05) is 19.2 Å². The second kappa shape index (κ2) is 8.38. The lowest BCUT2D eigenvalue weighted by molar-refractivity contribution is -0.118. The van der Waals surface area contributed by atoms with Crippen LogP contribution in [0.2, 0.25) is 0 Å². The summed E-state index contributed by atoms with van der Waals surface area (Å²) in [5.74, 6) is -1.55. The molecule has 160 valence electrons. The Balaban J connectivity index is 1.55. The van der Waals surface area contributed by atoms with Crippen LogP contribution >= 0.6 is 0 Å². The van der Waals surface area contributed by atoms with Crippen LogP contribution in [-0.2, 0) is 11.3 Å². The fourth-order valence-electron chi connectivity index (χ4n) is 3.06. The van der Waals surface area contributed by atoms with Crippen molar-refractivity contribution in [3.05, 3.63) is 53.2 Å². The Bertz CT molecular complexity index is 1190. The number of anilines is 1. The van der Waals surface area contributed by atoms with Gasteiger partial charge in [-0.25, -0.2) is 13.9 Å². The molecule has 10 nitrogen and oxygen atoms in total. The monoisotopic (exact) mass is 426 g/mol. The second-order valence-electron chi connectivity index (χ2n) is 6.86. The highest BCUT2D eigenvalue weighted by molar-refractivity contribution is 5.98. The molecule has 0 atom stereocenters. The van der Waals surface area contributed by atoms with E-state index in [1.165, 1.54) is 6.07 Å². The highest BCUT2D eigenvalue weighted by Crippen LogP contribution is 2.28. The van der Waals surface area contributed by atoms with Crippen LogP contribution in [0.5, 0.6) is 5.75 Å². The third-order valence-corrected chi connectivity index (χ3v) is 4.56. The van der Waals surface area contributed by atoms with Gasteiger partial charge in [0.15, 0.2) is 18.1 Å². The zero-order chi connectivity index (χ0) is 22.0. The van der Waals surface area contributed by atoms with Crippen molar-refractivity contribution in [2.24, 2.45) is 0 Å². The smallest absolute Gasteiger partial charge is 0.270 e. The van der Waals surface area contributed by atoms with E-state index in [1.54, 1.807) is 18.2 Å². The number of amides is 3. The number of ether oxygens (including phenoxy) is 1. The van der Waals surface area contributed by atoms with Crippen LogP contribution in [0.25, 0.3) is 5.65 Å². The maximum absolute atomic E-state index is 14.1. The van der Waals surface area contributed by atoms with Gasteiger partial charge in [0.1, 0.15) is 17.1 Å². The zero-order valence-corrected chi connectivity index (χ0v) is 16.6. The van der Waals surface area contributed by atoms with Crippen LogP contribution in [0.4, 0.5) is 10.1 Å². The van der Waals surface area contributed by atoms with Crippen LogP contribution < -0.4 is 20.7 Å². The molecule has 3 aromatic rings. The van der Waals surface area contributed by atoms with Crippen molar-refractivity contribution in [2.45, 2.75) is 19.9 Å². The highest BCUT2D eigenvalue weighted by atomic mass is 19.1. The lowest BCUT2D eigenvalue weighted by Gasteiger charge is -2.18. The Kier molecular flexibility index (Phi) is 5.48. The summed E-state index contributed by atoms with van der Waals surface area (Å²) in [6.07, 6.45) is 1.65. The van der Waals surface area contributed by atoms with Crippen molar-refractivity contribution in [3.63, 3.8) is 0 Å². The molecule has 0 saturated carbocycles. The molecule has 2 aromatic heterocycles. The minimum Gasteiger partial charge on any atom is -0.482 e. The van der Waals surface area contributed by atoms with Crippen LogP contribution in [-0.4, -0.2) is 45.5 Å². The number of rotatable bonds is 6. The van der Waals surface area contributed by atoms with Crippen LogP contribution in [0.3, 0.4) is 0 Å². The summed E-state index contributed by atoms with van der Waals surface area (Å²) in [5.41, 5.74) is 0.876. The SMILES string of the molecule is CCCNC(=O)c1cc(C(=O)NCc2ccc3c(c2)NC(=O)CO3)nc2c(F)cnn12. The van der Waals surface area contributed by atoms with Gasteiger partial charge in [-0.2, -0.15) is 5.10 Å². The molecule has 31 heavy (non-hydrogen) atoms. The lowest BCUT2D eigenvalue weighted by Crippen LogP contribution is -2.29. The van der Waals surface area contributed by atoms with Gasteiger partial charge >= 0.3 is 0 Å². The molecule has 1 aliphatic heterocycles. The van der Waals surface area contributed by atoms with Crippen molar-refractivity contribution in [3.8, 4) is 5.75 Å². The Morgan fingerprint density at radius 2 is 2.10 bits per heavy atom. The van der Waals surface area contributed by atoms with Crippen LogP contribution in [0.1, 0.15) is 39.9 Å². The van der Waals surface area contributed by atoms with Gasteiger partial charge in [-0.3, -0.25) is 14.4 Å². The summed E-state index contributed by atoms with van der Waals surface area (Å²) in [5, 5.41) is 11.9. The largest absolute Gasteiger partial charge is 0.482 e. The third kappa shape index (κ3) is 4.15. The summed E-state index contributed by atoms with van der Waals surface area (Å²) < 4.78 is 20.4. The number of nitrogens with zero attached hydrogens (tertiary/aromatic N) is 3. The molecular formula is C20H19FN6O4. The standard InChI is InChI=1S/C20H19FN6O4/c1-2-5-22-20(30)15-7-14(26-18-12(21)9-24-27(15)18)19(29)23-8-11-3-4-16-13(6-11)25-17(28)10-31-16/h3-4,6-7,9H,2,5,8,10H2,1H3,(H,22,30)(H,23,29)(H,25,28). The predicted molar refractivity (Wildman–Crippen MR) is 107 cm³/mol. The normalized spacial score (nSPS) is 12.6.